The summed E-state index contributed by atoms with van der Waals surface area (Å²) in [5.74, 6) is 1.51. The summed E-state index contributed by atoms with van der Waals surface area (Å²) >= 11 is 0. The number of para-hydroxylation sites is 1. The number of rotatable bonds is 6. The van der Waals surface area contributed by atoms with Crippen molar-refractivity contribution in [3.63, 3.8) is 0 Å². The molecule has 4 aromatic rings. The van der Waals surface area contributed by atoms with Gasteiger partial charge in [0.15, 0.2) is 5.76 Å². The Morgan fingerprint density at radius 3 is 2.50 bits per heavy atom. The normalized spacial score (nSPS) is 15.5. The summed E-state index contributed by atoms with van der Waals surface area (Å²) in [4.78, 5) is 15.3. The molecule has 1 aliphatic heterocycles. The van der Waals surface area contributed by atoms with Crippen molar-refractivity contribution in [2.24, 2.45) is 0 Å². The number of hydrogen-bond donors (Lipinski definition) is 1. The molecule has 0 saturated carbocycles. The topological polar surface area (TPSA) is 67.8 Å². The van der Waals surface area contributed by atoms with Gasteiger partial charge in [0, 0.05) is 5.39 Å². The van der Waals surface area contributed by atoms with Crippen molar-refractivity contribution in [3.05, 3.63) is 84.0 Å². The van der Waals surface area contributed by atoms with Gasteiger partial charge in [0.2, 0.25) is 0 Å². The van der Waals surface area contributed by atoms with E-state index in [-0.39, 0.29) is 17.7 Å². The number of carbonyl (C=O) groups is 1. The number of methoxy groups -OCH3 is 1. The summed E-state index contributed by atoms with van der Waals surface area (Å²) < 4.78 is 17.1. The van der Waals surface area contributed by atoms with Crippen molar-refractivity contribution in [1.29, 1.82) is 0 Å². The number of piperidine rings is 1. The number of hydrogen-bond acceptors (Lipinski definition) is 5. The summed E-state index contributed by atoms with van der Waals surface area (Å²) in [5, 5.41) is 3.94. The van der Waals surface area contributed by atoms with Gasteiger partial charge in [0.25, 0.3) is 5.91 Å². The van der Waals surface area contributed by atoms with E-state index >= 15 is 0 Å². The van der Waals surface area contributed by atoms with Gasteiger partial charge in [-0.1, -0.05) is 30.7 Å². The summed E-state index contributed by atoms with van der Waals surface area (Å²) in [6, 6.07) is 19.1. The molecule has 0 radical (unpaired) electrons. The highest BCUT2D eigenvalue weighted by molar-refractivity contribution is 6.08. The van der Waals surface area contributed by atoms with Crippen LogP contribution >= 0.6 is 0 Å². The molecule has 32 heavy (non-hydrogen) atoms. The number of carbonyl (C=O) groups excluding carboxylic acids is 1. The van der Waals surface area contributed by atoms with Crippen molar-refractivity contribution >= 4 is 22.6 Å². The van der Waals surface area contributed by atoms with Crippen LogP contribution in [-0.4, -0.2) is 31.0 Å². The maximum Gasteiger partial charge on any atom is 0.291 e. The first-order valence-electron chi connectivity index (χ1n) is 11.0. The molecule has 1 fully saturated rings. The fourth-order valence-electron chi connectivity index (χ4n) is 4.46. The molecule has 6 heteroatoms. The summed E-state index contributed by atoms with van der Waals surface area (Å²) in [7, 11) is 1.67. The highest BCUT2D eigenvalue weighted by Gasteiger charge is 2.31. The minimum atomic E-state index is -0.296. The predicted molar refractivity (Wildman–Crippen MR) is 123 cm³/mol. The van der Waals surface area contributed by atoms with Crippen LogP contribution in [0.2, 0.25) is 0 Å². The maximum absolute atomic E-state index is 12.9. The second kappa shape index (κ2) is 8.93. The van der Waals surface area contributed by atoms with E-state index in [4.69, 9.17) is 13.6 Å². The van der Waals surface area contributed by atoms with Gasteiger partial charge in [-0.25, -0.2) is 0 Å². The third-order valence-corrected chi connectivity index (χ3v) is 6.04. The van der Waals surface area contributed by atoms with E-state index in [1.807, 2.05) is 36.4 Å². The van der Waals surface area contributed by atoms with Crippen LogP contribution in [-0.2, 0) is 0 Å². The number of amides is 1. The predicted octanol–water partition coefficient (Wildman–Crippen LogP) is 5.86. The van der Waals surface area contributed by atoms with E-state index in [9.17, 15) is 4.79 Å². The molecule has 164 valence electrons. The Balaban J connectivity index is 1.63. The van der Waals surface area contributed by atoms with Crippen molar-refractivity contribution in [2.75, 3.05) is 25.5 Å². The average Bonchev–Trinajstić information content (AvgIpc) is 3.50. The third kappa shape index (κ3) is 3.89. The number of anilines is 1. The molecule has 0 spiro atoms. The van der Waals surface area contributed by atoms with Crippen LogP contribution in [0.25, 0.3) is 11.0 Å². The Bertz CT molecular complexity index is 1190. The first kappa shape index (κ1) is 20.4. The number of nitrogens with zero attached hydrogens (tertiary/aromatic N) is 1. The average molecular weight is 431 g/mol. The Hall–Kier alpha value is -3.51. The molecule has 1 N–H and O–H groups in total. The minimum Gasteiger partial charge on any atom is -0.497 e. The van der Waals surface area contributed by atoms with Gasteiger partial charge in [-0.05, 0) is 67.9 Å². The van der Waals surface area contributed by atoms with E-state index in [0.29, 0.717) is 5.69 Å². The van der Waals surface area contributed by atoms with Gasteiger partial charge < -0.3 is 18.9 Å². The molecule has 0 aliphatic carbocycles. The van der Waals surface area contributed by atoms with Crippen LogP contribution < -0.4 is 10.1 Å². The zero-order valence-electron chi connectivity index (χ0n) is 18.0. The van der Waals surface area contributed by atoms with Gasteiger partial charge >= 0.3 is 0 Å². The van der Waals surface area contributed by atoms with Gasteiger partial charge in [-0.3, -0.25) is 9.69 Å². The molecular weight excluding hydrogens is 404 g/mol. The monoisotopic (exact) mass is 430 g/mol. The lowest BCUT2D eigenvalue weighted by molar-refractivity contribution is 0.0996. The zero-order valence-corrected chi connectivity index (χ0v) is 18.0. The Morgan fingerprint density at radius 2 is 1.78 bits per heavy atom. The van der Waals surface area contributed by atoms with Gasteiger partial charge in [-0.15, -0.1) is 0 Å². The first-order chi connectivity index (χ1) is 15.7. The number of benzene rings is 2. The van der Waals surface area contributed by atoms with Crippen LogP contribution in [0.4, 0.5) is 5.69 Å². The van der Waals surface area contributed by atoms with E-state index in [1.165, 1.54) is 12.7 Å². The van der Waals surface area contributed by atoms with Gasteiger partial charge in [0.05, 0.1) is 25.1 Å². The van der Waals surface area contributed by atoms with Crippen LogP contribution in [0, 0.1) is 0 Å². The SMILES string of the molecule is COc1ccc([C@@H](c2oc3ccccc3c2NC(=O)c2ccco2)N2CCCCC2)cc1. The number of furan rings is 2. The molecule has 5 rings (SSSR count). The minimum absolute atomic E-state index is 0.125. The Morgan fingerprint density at radius 1 is 1.00 bits per heavy atom. The van der Waals surface area contributed by atoms with Gasteiger partial charge in [-0.2, -0.15) is 0 Å². The first-order valence-corrected chi connectivity index (χ1v) is 11.0. The summed E-state index contributed by atoms with van der Waals surface area (Å²) in [6.07, 6.45) is 5.01. The smallest absolute Gasteiger partial charge is 0.291 e. The van der Waals surface area contributed by atoms with E-state index in [0.717, 1.165) is 54.0 Å². The second-order valence-electron chi connectivity index (χ2n) is 8.04. The molecule has 6 nitrogen and oxygen atoms in total. The largest absolute Gasteiger partial charge is 0.497 e. The lowest BCUT2D eigenvalue weighted by atomic mass is 9.98. The van der Waals surface area contributed by atoms with Crippen molar-refractivity contribution < 1.29 is 18.4 Å². The fourth-order valence-corrected chi connectivity index (χ4v) is 4.46. The molecule has 2 aromatic heterocycles. The molecular formula is C26H26N2O4. The van der Waals surface area contributed by atoms with Crippen molar-refractivity contribution in [2.45, 2.75) is 25.3 Å². The Labute approximate surface area is 186 Å². The molecule has 1 atom stereocenters. The number of nitrogens with one attached hydrogen (secondary N) is 1. The van der Waals surface area contributed by atoms with Crippen LogP contribution in [0.1, 0.15) is 47.2 Å². The molecule has 3 heterocycles. The zero-order chi connectivity index (χ0) is 21.9. The lowest BCUT2D eigenvalue weighted by Gasteiger charge is -2.34. The summed E-state index contributed by atoms with van der Waals surface area (Å²) in [5.41, 5.74) is 2.53. The highest BCUT2D eigenvalue weighted by Crippen LogP contribution is 2.41. The maximum atomic E-state index is 12.9. The molecule has 1 amide bonds. The molecule has 2 aromatic carbocycles. The lowest BCUT2D eigenvalue weighted by Crippen LogP contribution is -2.34. The van der Waals surface area contributed by atoms with Crippen LogP contribution in [0.15, 0.2) is 75.8 Å². The number of likely N-dealkylation sites (tertiary alicyclic amines) is 1. The molecule has 0 bridgehead atoms. The second-order valence-corrected chi connectivity index (χ2v) is 8.04. The molecule has 0 unspecified atom stereocenters. The quantitative estimate of drug-likeness (QED) is 0.415. The summed E-state index contributed by atoms with van der Waals surface area (Å²) in [6.45, 7) is 1.94. The van der Waals surface area contributed by atoms with Crippen LogP contribution in [0.3, 0.4) is 0 Å². The number of ether oxygens (including phenoxy) is 1. The van der Waals surface area contributed by atoms with E-state index in [1.54, 1.807) is 19.2 Å². The highest BCUT2D eigenvalue weighted by atomic mass is 16.5. The Kier molecular flexibility index (Phi) is 5.69. The molecule has 1 saturated heterocycles. The van der Waals surface area contributed by atoms with E-state index < -0.39 is 0 Å². The van der Waals surface area contributed by atoms with Crippen LogP contribution in [0.5, 0.6) is 5.75 Å². The fraction of sp³-hybridized carbons (Fsp3) is 0.269. The molecule has 1 aliphatic rings. The van der Waals surface area contributed by atoms with Gasteiger partial charge in [0.1, 0.15) is 17.1 Å². The number of fused-ring (bicyclic) bond motifs is 1. The van der Waals surface area contributed by atoms with E-state index in [2.05, 4.69) is 22.3 Å². The van der Waals surface area contributed by atoms with Crippen molar-refractivity contribution in [1.82, 2.24) is 4.90 Å². The third-order valence-electron chi connectivity index (χ3n) is 6.04. The van der Waals surface area contributed by atoms with Crippen molar-refractivity contribution in [3.8, 4) is 5.75 Å². The standard InChI is InChI=1S/C26H26N2O4/c1-30-19-13-11-18(12-14-19)24(28-15-5-2-6-16-28)25-23(20-8-3-4-9-21(20)32-25)27-26(29)22-10-7-17-31-22/h3-4,7-14,17,24H,2,5-6,15-16H2,1H3,(H,27,29)/t24-/m0/s1.